The Hall–Kier alpha value is -5.89. The molecule has 3 aromatic heterocycles. The molecule has 0 aliphatic heterocycles. The molecule has 0 spiro atoms. The summed E-state index contributed by atoms with van der Waals surface area (Å²) in [6.45, 7) is 3.28. The molecule has 0 saturated carbocycles. The van der Waals surface area contributed by atoms with E-state index in [2.05, 4.69) is 20.3 Å². The monoisotopic (exact) mass is 805 g/mol. The topological polar surface area (TPSA) is 157 Å². The van der Waals surface area contributed by atoms with E-state index in [-0.39, 0.29) is 40.9 Å². The average molecular weight is 807 g/mol. The minimum Gasteiger partial charge on any atom is -0.489 e. The van der Waals surface area contributed by atoms with Crippen molar-refractivity contribution in [1.29, 1.82) is 0 Å². The number of benzene rings is 3. The highest BCUT2D eigenvalue weighted by molar-refractivity contribution is 6.40. The summed E-state index contributed by atoms with van der Waals surface area (Å²) < 4.78 is 27.0. The van der Waals surface area contributed by atoms with Crippen molar-refractivity contribution in [2.45, 2.75) is 19.8 Å². The number of nitrogens with one attached hydrogen (secondary N) is 2. The van der Waals surface area contributed by atoms with Gasteiger partial charge in [0.25, 0.3) is 5.91 Å². The summed E-state index contributed by atoms with van der Waals surface area (Å²) in [4.78, 5) is 50.0. The van der Waals surface area contributed by atoms with Crippen LogP contribution in [0, 0.1) is 5.82 Å². The van der Waals surface area contributed by atoms with Crippen LogP contribution in [0.15, 0.2) is 115 Å². The van der Waals surface area contributed by atoms with Crippen LogP contribution >= 0.6 is 34.8 Å². The van der Waals surface area contributed by atoms with Crippen molar-refractivity contribution in [3.05, 3.63) is 158 Å². The van der Waals surface area contributed by atoms with Crippen LogP contribution in [0.3, 0.4) is 0 Å². The molecule has 0 unspecified atom stereocenters. The molecule has 6 rings (SSSR count). The summed E-state index contributed by atoms with van der Waals surface area (Å²) in [6, 6.07) is 19.4. The number of carbonyl (C=O) groups excluding carboxylic acids is 2. The van der Waals surface area contributed by atoms with Crippen LogP contribution in [0.25, 0.3) is 0 Å². The molecule has 0 radical (unpaired) electrons. The van der Waals surface area contributed by atoms with E-state index in [9.17, 15) is 18.8 Å². The van der Waals surface area contributed by atoms with Crippen LogP contribution in [0.4, 0.5) is 20.7 Å². The lowest BCUT2D eigenvalue weighted by molar-refractivity contribution is 0.102. The van der Waals surface area contributed by atoms with E-state index in [1.54, 1.807) is 41.7 Å². The van der Waals surface area contributed by atoms with Gasteiger partial charge in [-0.1, -0.05) is 72.1 Å². The largest absolute Gasteiger partial charge is 0.489 e. The zero-order valence-electron chi connectivity index (χ0n) is 29.3. The lowest BCUT2D eigenvalue weighted by atomic mass is 10.0. The normalized spacial score (nSPS) is 10.6. The number of aromatic amines is 1. The van der Waals surface area contributed by atoms with E-state index < -0.39 is 11.7 Å². The van der Waals surface area contributed by atoms with E-state index in [0.717, 1.165) is 18.1 Å². The van der Waals surface area contributed by atoms with Crippen LogP contribution in [0.5, 0.6) is 17.2 Å². The molecule has 4 N–H and O–H groups in total. The zero-order chi connectivity index (χ0) is 39.3. The smallest absolute Gasteiger partial charge is 0.329 e. The predicted octanol–water partition coefficient (Wildman–Crippen LogP) is 8.73. The first-order valence-corrected chi connectivity index (χ1v) is 17.9. The molecular formula is C39H35Cl3FN7O5. The molecule has 0 bridgehead atoms. The van der Waals surface area contributed by atoms with Gasteiger partial charge in [0.2, 0.25) is 0 Å². The molecule has 0 aliphatic rings. The molecule has 0 fully saturated rings. The maximum atomic E-state index is 14.5. The Labute approximate surface area is 330 Å². The Bertz CT molecular complexity index is 2270. The lowest BCUT2D eigenvalue weighted by Crippen LogP contribution is -2.37. The van der Waals surface area contributed by atoms with Gasteiger partial charge in [-0.2, -0.15) is 0 Å². The first kappa shape index (κ1) is 40.3. The van der Waals surface area contributed by atoms with E-state index in [1.807, 2.05) is 37.3 Å². The van der Waals surface area contributed by atoms with Crippen LogP contribution in [0.2, 0.25) is 15.1 Å². The third kappa shape index (κ3) is 11.3. The Morgan fingerprint density at radius 1 is 0.982 bits per heavy atom. The van der Waals surface area contributed by atoms with Gasteiger partial charge in [-0.05, 0) is 42.3 Å². The second-order valence-electron chi connectivity index (χ2n) is 11.8. The van der Waals surface area contributed by atoms with Crippen molar-refractivity contribution in [3.8, 4) is 17.2 Å². The van der Waals surface area contributed by atoms with Gasteiger partial charge in [0, 0.05) is 72.4 Å². The molecule has 16 heteroatoms. The molecule has 3 heterocycles. The van der Waals surface area contributed by atoms with Crippen molar-refractivity contribution >= 4 is 58.2 Å². The van der Waals surface area contributed by atoms with Crippen molar-refractivity contribution in [1.82, 2.24) is 24.4 Å². The number of ether oxygens (including phenoxy) is 2. The number of rotatable bonds is 12. The minimum atomic E-state index is -0.690. The van der Waals surface area contributed by atoms with Gasteiger partial charge in [-0.3, -0.25) is 14.2 Å². The van der Waals surface area contributed by atoms with Crippen molar-refractivity contribution < 1.29 is 23.5 Å². The van der Waals surface area contributed by atoms with Gasteiger partial charge < -0.3 is 30.4 Å². The SMILES string of the molecule is CCCN(CCOc1c(Cl)cc(Cl)cc1Cl)C(=O)n1ccnc1.Nc1cc(Oc2ccc(NC(=O)c3c[nH]cc(Cc4ccccc4)c3=O)cc2F)ccn1. The molecule has 55 heavy (non-hydrogen) atoms. The number of anilines is 2. The number of hydrogen-bond donors (Lipinski definition) is 3. The minimum absolute atomic E-state index is 0.0451. The molecule has 3 aromatic carbocycles. The van der Waals surface area contributed by atoms with Crippen LogP contribution in [-0.2, 0) is 6.42 Å². The highest BCUT2D eigenvalue weighted by Crippen LogP contribution is 2.35. The Kier molecular flexibility index (Phi) is 14.2. The molecular weight excluding hydrogens is 772 g/mol. The zero-order valence-corrected chi connectivity index (χ0v) is 31.6. The number of imidazole rings is 1. The third-order valence-corrected chi connectivity index (χ3v) is 8.51. The number of nitrogens with zero attached hydrogens (tertiary/aromatic N) is 4. The number of nitrogen functional groups attached to an aromatic ring is 1. The van der Waals surface area contributed by atoms with Crippen molar-refractivity contribution in [2.75, 3.05) is 30.7 Å². The maximum Gasteiger partial charge on any atom is 0.329 e. The fourth-order valence-electron chi connectivity index (χ4n) is 5.16. The number of H-pyrrole nitrogens is 1. The fourth-order valence-corrected chi connectivity index (χ4v) is 6.08. The predicted molar refractivity (Wildman–Crippen MR) is 211 cm³/mol. The van der Waals surface area contributed by atoms with E-state index in [0.29, 0.717) is 51.6 Å². The number of amides is 2. The molecule has 6 aromatic rings. The first-order valence-electron chi connectivity index (χ1n) is 16.8. The van der Waals surface area contributed by atoms with Gasteiger partial charge in [-0.15, -0.1) is 0 Å². The number of pyridine rings is 2. The van der Waals surface area contributed by atoms with Gasteiger partial charge in [0.1, 0.15) is 30.1 Å². The van der Waals surface area contributed by atoms with E-state index in [4.69, 9.17) is 50.0 Å². The Balaban J connectivity index is 0.000000223. The first-order chi connectivity index (χ1) is 26.5. The van der Waals surface area contributed by atoms with Gasteiger partial charge in [-0.25, -0.2) is 19.2 Å². The third-order valence-electron chi connectivity index (χ3n) is 7.73. The number of aromatic nitrogens is 4. The number of carbonyl (C=O) groups is 2. The maximum absolute atomic E-state index is 14.5. The summed E-state index contributed by atoms with van der Waals surface area (Å²) in [7, 11) is 0. The number of hydrogen-bond acceptors (Lipinski definition) is 8. The molecule has 2 amide bonds. The van der Waals surface area contributed by atoms with E-state index in [1.165, 1.54) is 41.5 Å². The highest BCUT2D eigenvalue weighted by atomic mass is 35.5. The van der Waals surface area contributed by atoms with Crippen LogP contribution in [0.1, 0.15) is 34.8 Å². The van der Waals surface area contributed by atoms with Crippen LogP contribution < -0.4 is 26.0 Å². The molecule has 12 nitrogen and oxygen atoms in total. The summed E-state index contributed by atoms with van der Waals surface area (Å²) >= 11 is 18.0. The Morgan fingerprint density at radius 3 is 2.42 bits per heavy atom. The molecule has 0 atom stereocenters. The summed E-state index contributed by atoms with van der Waals surface area (Å²) in [5.74, 6) is -0.442. The van der Waals surface area contributed by atoms with Gasteiger partial charge in [0.05, 0.1) is 16.6 Å². The fraction of sp³-hybridized carbons (Fsp3) is 0.154. The quantitative estimate of drug-likeness (QED) is 0.111. The van der Waals surface area contributed by atoms with Gasteiger partial charge in [0.15, 0.2) is 22.7 Å². The lowest BCUT2D eigenvalue weighted by Gasteiger charge is -2.22. The second-order valence-corrected chi connectivity index (χ2v) is 13.0. The van der Waals surface area contributed by atoms with Crippen molar-refractivity contribution in [3.63, 3.8) is 0 Å². The second kappa shape index (κ2) is 19.4. The highest BCUT2D eigenvalue weighted by Gasteiger charge is 2.17. The van der Waals surface area contributed by atoms with Gasteiger partial charge >= 0.3 is 6.03 Å². The van der Waals surface area contributed by atoms with E-state index >= 15 is 0 Å². The average Bonchev–Trinajstić information content (AvgIpc) is 3.70. The standard InChI is InChI=1S/C24H19FN4O3.C15H16Cl3N3O2/c25-20-11-17(6-7-21(20)32-18-8-9-28-22(26)12-18)29-24(31)19-14-27-13-16(23(19)30)10-15-4-2-1-3-5-15;1-2-4-20(15(22)21-5-3-19-10-21)6-7-23-14-12(17)8-11(16)9-13(14)18/h1-9,11-14H,10H2,(H2,26,28)(H,27,30)(H,29,31);3,5,8-10H,2,4,6-7H2,1H3. The number of nitrogens with two attached hydrogens (primary N) is 1. The van der Waals surface area contributed by atoms with Crippen molar-refractivity contribution in [2.24, 2.45) is 0 Å². The molecule has 0 aliphatic carbocycles. The number of halogens is 4. The van der Waals surface area contributed by atoms with Crippen LogP contribution in [-0.4, -0.2) is 56.1 Å². The molecule has 284 valence electrons. The summed E-state index contributed by atoms with van der Waals surface area (Å²) in [5.41, 5.74) is 6.72. The molecule has 0 saturated heterocycles. The summed E-state index contributed by atoms with van der Waals surface area (Å²) in [5, 5.41) is 3.66. The Morgan fingerprint density at radius 2 is 1.75 bits per heavy atom. The summed E-state index contributed by atoms with van der Waals surface area (Å²) in [6.07, 6.45) is 10.2.